The fourth-order valence-electron chi connectivity index (χ4n) is 2.80. The van der Waals surface area contributed by atoms with E-state index in [1.165, 1.54) is 0 Å². The number of amides is 1. The maximum absolute atomic E-state index is 12.2. The molecule has 0 aromatic heterocycles. The third-order valence-electron chi connectivity index (χ3n) is 3.70. The highest BCUT2D eigenvalue weighted by Gasteiger charge is 2.33. The van der Waals surface area contributed by atoms with Gasteiger partial charge in [-0.1, -0.05) is 0 Å². The molecule has 2 saturated heterocycles. The van der Waals surface area contributed by atoms with E-state index in [0.29, 0.717) is 26.1 Å². The van der Waals surface area contributed by atoms with Crippen LogP contribution in [0.15, 0.2) is 0 Å². The Kier molecular flexibility index (Phi) is 4.19. The molecule has 1 amide bonds. The lowest BCUT2D eigenvalue weighted by molar-refractivity contribution is -0.141. The molecule has 0 aromatic rings. The van der Waals surface area contributed by atoms with Crippen molar-refractivity contribution in [3.8, 4) is 0 Å². The molecular formula is C12H20N2O4. The van der Waals surface area contributed by atoms with Crippen molar-refractivity contribution in [3.63, 3.8) is 0 Å². The summed E-state index contributed by atoms with van der Waals surface area (Å²) >= 11 is 0. The molecule has 2 aliphatic heterocycles. The van der Waals surface area contributed by atoms with Gasteiger partial charge in [-0.05, 0) is 25.2 Å². The zero-order valence-corrected chi connectivity index (χ0v) is 10.3. The minimum atomic E-state index is -0.802. The van der Waals surface area contributed by atoms with E-state index in [0.717, 1.165) is 12.8 Å². The molecule has 0 aromatic carbocycles. The molecule has 6 nitrogen and oxygen atoms in total. The number of carbonyl (C=O) groups is 2. The number of aliphatic hydroxyl groups excluding tert-OH is 1. The van der Waals surface area contributed by atoms with Crippen LogP contribution in [-0.4, -0.2) is 58.8 Å². The lowest BCUT2D eigenvalue weighted by Gasteiger charge is -2.33. The van der Waals surface area contributed by atoms with Gasteiger partial charge in [-0.3, -0.25) is 9.59 Å². The fourth-order valence-corrected chi connectivity index (χ4v) is 2.80. The quantitative estimate of drug-likeness (QED) is 0.629. The molecule has 0 saturated carbocycles. The molecule has 3 N–H and O–H groups in total. The minimum Gasteiger partial charge on any atom is -0.481 e. The van der Waals surface area contributed by atoms with Gasteiger partial charge in [0.2, 0.25) is 5.91 Å². The van der Waals surface area contributed by atoms with Crippen molar-refractivity contribution in [3.05, 3.63) is 0 Å². The molecule has 2 aliphatic rings. The molecule has 2 fully saturated rings. The molecule has 3 unspecified atom stereocenters. The van der Waals surface area contributed by atoms with Crippen LogP contribution in [0.25, 0.3) is 0 Å². The summed E-state index contributed by atoms with van der Waals surface area (Å²) in [6.45, 7) is 1.69. The van der Waals surface area contributed by atoms with Crippen LogP contribution in [0.5, 0.6) is 0 Å². The number of rotatable bonds is 3. The third-order valence-corrected chi connectivity index (χ3v) is 3.70. The summed E-state index contributed by atoms with van der Waals surface area (Å²) in [5, 5.41) is 21.2. The molecule has 0 spiro atoms. The van der Waals surface area contributed by atoms with Gasteiger partial charge in [0.1, 0.15) is 0 Å². The first-order chi connectivity index (χ1) is 8.56. The number of aliphatic carboxylic acids is 1. The number of carboxylic acids is 1. The molecule has 2 heterocycles. The molecule has 0 bridgehead atoms. The lowest BCUT2D eigenvalue weighted by Crippen LogP contribution is -2.48. The first-order valence-corrected chi connectivity index (χ1v) is 6.48. The second-order valence-corrected chi connectivity index (χ2v) is 5.24. The first-order valence-electron chi connectivity index (χ1n) is 6.48. The fraction of sp³-hybridized carbons (Fsp3) is 0.833. The SMILES string of the molecule is O=C(O)CC1CCCN(C(=O)C2CC(O)CN2)C1. The zero-order chi connectivity index (χ0) is 13.1. The normalized spacial score (nSPS) is 32.5. The van der Waals surface area contributed by atoms with Gasteiger partial charge >= 0.3 is 5.97 Å². The largest absolute Gasteiger partial charge is 0.481 e. The van der Waals surface area contributed by atoms with E-state index in [2.05, 4.69) is 5.32 Å². The predicted molar refractivity (Wildman–Crippen MR) is 64.0 cm³/mol. The molecule has 2 rings (SSSR count). The Morgan fingerprint density at radius 2 is 2.17 bits per heavy atom. The monoisotopic (exact) mass is 256 g/mol. The Morgan fingerprint density at radius 3 is 2.78 bits per heavy atom. The van der Waals surface area contributed by atoms with Gasteiger partial charge in [-0.15, -0.1) is 0 Å². The Hall–Kier alpha value is -1.14. The van der Waals surface area contributed by atoms with Crippen molar-refractivity contribution in [1.29, 1.82) is 0 Å². The molecule has 102 valence electrons. The Morgan fingerprint density at radius 1 is 1.39 bits per heavy atom. The maximum Gasteiger partial charge on any atom is 0.303 e. The Labute approximate surface area is 106 Å². The number of aliphatic hydroxyl groups is 1. The molecule has 6 heteroatoms. The standard InChI is InChI=1S/C12H20N2O4/c15-9-5-10(13-6-9)12(18)14-3-1-2-8(7-14)4-11(16)17/h8-10,13,15H,1-7H2,(H,16,17). The number of carbonyl (C=O) groups excluding carboxylic acids is 1. The number of hydrogen-bond donors (Lipinski definition) is 3. The molecule has 3 atom stereocenters. The van der Waals surface area contributed by atoms with E-state index in [1.54, 1.807) is 4.90 Å². The van der Waals surface area contributed by atoms with Gasteiger partial charge in [0.15, 0.2) is 0 Å². The van der Waals surface area contributed by atoms with Crippen molar-refractivity contribution < 1.29 is 19.8 Å². The van der Waals surface area contributed by atoms with Crippen molar-refractivity contribution in [2.75, 3.05) is 19.6 Å². The van der Waals surface area contributed by atoms with E-state index in [4.69, 9.17) is 5.11 Å². The third kappa shape index (κ3) is 3.20. The molecule has 0 radical (unpaired) electrons. The number of β-amino-alcohol motifs (C(OH)–C–C–N with tert-alkyl or cyclic N) is 1. The van der Waals surface area contributed by atoms with Crippen LogP contribution in [0.4, 0.5) is 0 Å². The number of nitrogens with zero attached hydrogens (tertiary/aromatic N) is 1. The number of piperidine rings is 1. The van der Waals surface area contributed by atoms with E-state index in [-0.39, 0.29) is 24.3 Å². The van der Waals surface area contributed by atoms with Crippen LogP contribution in [0.3, 0.4) is 0 Å². The molecular weight excluding hydrogens is 236 g/mol. The number of carboxylic acid groups (broad SMARTS) is 1. The van der Waals surface area contributed by atoms with Crippen molar-refractivity contribution >= 4 is 11.9 Å². The Bertz CT molecular complexity index is 334. The van der Waals surface area contributed by atoms with Gasteiger partial charge in [0, 0.05) is 26.1 Å². The number of hydrogen-bond acceptors (Lipinski definition) is 4. The molecule has 18 heavy (non-hydrogen) atoms. The van der Waals surface area contributed by atoms with Crippen molar-refractivity contribution in [2.24, 2.45) is 5.92 Å². The van der Waals surface area contributed by atoms with Crippen LogP contribution < -0.4 is 5.32 Å². The number of nitrogens with one attached hydrogen (secondary N) is 1. The Balaban J connectivity index is 1.88. The summed E-state index contributed by atoms with van der Waals surface area (Å²) in [7, 11) is 0. The number of likely N-dealkylation sites (tertiary alicyclic amines) is 1. The van der Waals surface area contributed by atoms with Crippen molar-refractivity contribution in [1.82, 2.24) is 10.2 Å². The van der Waals surface area contributed by atoms with E-state index in [1.807, 2.05) is 0 Å². The average Bonchev–Trinajstić information content (AvgIpc) is 2.74. The average molecular weight is 256 g/mol. The van der Waals surface area contributed by atoms with Crippen LogP contribution in [0, 0.1) is 5.92 Å². The van der Waals surface area contributed by atoms with Gasteiger partial charge in [-0.25, -0.2) is 0 Å². The summed E-state index contributed by atoms with van der Waals surface area (Å²) in [6.07, 6.45) is 1.87. The second-order valence-electron chi connectivity index (χ2n) is 5.24. The summed E-state index contributed by atoms with van der Waals surface area (Å²) in [5.41, 5.74) is 0. The van der Waals surface area contributed by atoms with Gasteiger partial charge in [-0.2, -0.15) is 0 Å². The minimum absolute atomic E-state index is 0.00152. The topological polar surface area (TPSA) is 89.9 Å². The van der Waals surface area contributed by atoms with Crippen LogP contribution in [0.1, 0.15) is 25.7 Å². The highest BCUT2D eigenvalue weighted by atomic mass is 16.4. The summed E-state index contributed by atoms with van der Waals surface area (Å²) < 4.78 is 0. The van der Waals surface area contributed by atoms with Crippen LogP contribution >= 0.6 is 0 Å². The zero-order valence-electron chi connectivity index (χ0n) is 10.3. The second kappa shape index (κ2) is 5.67. The van der Waals surface area contributed by atoms with Gasteiger partial charge in [0.25, 0.3) is 0 Å². The van der Waals surface area contributed by atoms with E-state index < -0.39 is 12.1 Å². The highest BCUT2D eigenvalue weighted by molar-refractivity contribution is 5.82. The van der Waals surface area contributed by atoms with E-state index >= 15 is 0 Å². The lowest BCUT2D eigenvalue weighted by atomic mass is 9.94. The molecule has 0 aliphatic carbocycles. The van der Waals surface area contributed by atoms with Crippen molar-refractivity contribution in [2.45, 2.75) is 37.8 Å². The highest BCUT2D eigenvalue weighted by Crippen LogP contribution is 2.21. The van der Waals surface area contributed by atoms with Gasteiger partial charge in [0.05, 0.1) is 12.1 Å². The summed E-state index contributed by atoms with van der Waals surface area (Å²) in [5.74, 6) is -0.739. The van der Waals surface area contributed by atoms with E-state index in [9.17, 15) is 14.7 Å². The van der Waals surface area contributed by atoms with Crippen LogP contribution in [0.2, 0.25) is 0 Å². The van der Waals surface area contributed by atoms with Gasteiger partial charge < -0.3 is 20.4 Å². The maximum atomic E-state index is 12.2. The summed E-state index contributed by atoms with van der Waals surface area (Å²) in [6, 6.07) is -0.302. The predicted octanol–water partition coefficient (Wildman–Crippen LogP) is -0.577. The smallest absolute Gasteiger partial charge is 0.303 e. The van der Waals surface area contributed by atoms with Crippen LogP contribution in [-0.2, 0) is 9.59 Å². The first kappa shape index (κ1) is 13.3. The summed E-state index contributed by atoms with van der Waals surface area (Å²) in [4.78, 5) is 24.6.